The number of nitrogens with one attached hydrogen (secondary N) is 1. The molecule has 0 aromatic carbocycles. The van der Waals surface area contributed by atoms with E-state index in [9.17, 15) is 0 Å². The zero-order valence-electron chi connectivity index (χ0n) is 16.5. The quantitative estimate of drug-likeness (QED) is 0.409. The molecule has 0 amide bonds. The molecule has 0 atom stereocenters. The first-order chi connectivity index (χ1) is 12.2. The maximum absolute atomic E-state index is 5.97. The van der Waals surface area contributed by atoms with Crippen LogP contribution in [0.4, 0.5) is 0 Å². The molecular formula is C19H38N4O2. The summed E-state index contributed by atoms with van der Waals surface area (Å²) in [6, 6.07) is 0. The lowest BCUT2D eigenvalue weighted by atomic mass is 9.97. The van der Waals surface area contributed by atoms with Crippen molar-refractivity contribution in [1.29, 1.82) is 0 Å². The van der Waals surface area contributed by atoms with E-state index in [0.717, 1.165) is 70.5 Å². The van der Waals surface area contributed by atoms with E-state index in [1.165, 1.54) is 25.9 Å². The Morgan fingerprint density at radius 1 is 1.08 bits per heavy atom. The Morgan fingerprint density at radius 2 is 1.80 bits per heavy atom. The molecule has 2 heterocycles. The highest BCUT2D eigenvalue weighted by Gasteiger charge is 2.22. The van der Waals surface area contributed by atoms with Gasteiger partial charge in [-0.1, -0.05) is 0 Å². The second kappa shape index (κ2) is 11.7. The molecule has 6 nitrogen and oxygen atoms in total. The van der Waals surface area contributed by atoms with Crippen LogP contribution in [0.1, 0.15) is 39.0 Å². The van der Waals surface area contributed by atoms with Crippen molar-refractivity contribution in [3.63, 3.8) is 0 Å². The SMILES string of the molecule is CCNC(=NCC1CCN(C)CC1)N1CCC(OCCCOC)CC1. The lowest BCUT2D eigenvalue weighted by Crippen LogP contribution is -2.47. The summed E-state index contributed by atoms with van der Waals surface area (Å²) in [5, 5.41) is 3.48. The lowest BCUT2D eigenvalue weighted by molar-refractivity contribution is 0.00989. The first-order valence-electron chi connectivity index (χ1n) is 10.0. The minimum Gasteiger partial charge on any atom is -0.385 e. The molecule has 0 aromatic heterocycles. The molecule has 146 valence electrons. The van der Waals surface area contributed by atoms with E-state index in [2.05, 4.69) is 29.1 Å². The Labute approximate surface area is 153 Å². The minimum atomic E-state index is 0.393. The number of ether oxygens (including phenoxy) is 2. The Balaban J connectivity index is 1.73. The maximum atomic E-state index is 5.97. The van der Waals surface area contributed by atoms with Gasteiger partial charge in [-0.25, -0.2) is 0 Å². The van der Waals surface area contributed by atoms with Gasteiger partial charge in [-0.2, -0.15) is 0 Å². The fourth-order valence-electron chi connectivity index (χ4n) is 3.57. The van der Waals surface area contributed by atoms with Crippen LogP contribution < -0.4 is 5.32 Å². The van der Waals surface area contributed by atoms with Crippen molar-refractivity contribution in [3.8, 4) is 0 Å². The third kappa shape index (κ3) is 7.50. The van der Waals surface area contributed by atoms with Crippen molar-refractivity contribution in [1.82, 2.24) is 15.1 Å². The first kappa shape index (κ1) is 20.5. The van der Waals surface area contributed by atoms with Crippen molar-refractivity contribution in [2.24, 2.45) is 10.9 Å². The molecule has 6 heteroatoms. The van der Waals surface area contributed by atoms with Crippen molar-refractivity contribution >= 4 is 5.96 Å². The molecule has 25 heavy (non-hydrogen) atoms. The molecule has 0 radical (unpaired) electrons. The molecular weight excluding hydrogens is 316 g/mol. The average Bonchev–Trinajstić information content (AvgIpc) is 2.64. The Hall–Kier alpha value is -0.850. The molecule has 2 rings (SSSR count). The van der Waals surface area contributed by atoms with Crippen LogP contribution >= 0.6 is 0 Å². The zero-order valence-corrected chi connectivity index (χ0v) is 16.5. The van der Waals surface area contributed by atoms with Gasteiger partial charge >= 0.3 is 0 Å². The summed E-state index contributed by atoms with van der Waals surface area (Å²) in [5.74, 6) is 1.84. The van der Waals surface area contributed by atoms with E-state index in [-0.39, 0.29) is 0 Å². The smallest absolute Gasteiger partial charge is 0.193 e. The average molecular weight is 355 g/mol. The van der Waals surface area contributed by atoms with Crippen LogP contribution in [0.2, 0.25) is 0 Å². The van der Waals surface area contributed by atoms with Crippen molar-refractivity contribution < 1.29 is 9.47 Å². The zero-order chi connectivity index (χ0) is 17.9. The van der Waals surface area contributed by atoms with Gasteiger partial charge in [-0.05, 0) is 65.1 Å². The van der Waals surface area contributed by atoms with Crippen molar-refractivity contribution in [2.45, 2.75) is 45.1 Å². The summed E-state index contributed by atoms with van der Waals surface area (Å²) in [5.41, 5.74) is 0. The highest BCUT2D eigenvalue weighted by atomic mass is 16.5. The Bertz CT molecular complexity index is 376. The highest BCUT2D eigenvalue weighted by molar-refractivity contribution is 5.80. The lowest BCUT2D eigenvalue weighted by Gasteiger charge is -2.34. The molecule has 2 fully saturated rings. The molecule has 0 aromatic rings. The molecule has 2 saturated heterocycles. The summed E-state index contributed by atoms with van der Waals surface area (Å²) >= 11 is 0. The molecule has 1 N–H and O–H groups in total. The first-order valence-corrected chi connectivity index (χ1v) is 10.0. The van der Waals surface area contributed by atoms with E-state index in [1.807, 2.05) is 0 Å². The standard InChI is InChI=1S/C19H38N4O2/c1-4-20-19(21-16-17-6-10-22(2)11-7-17)23-12-8-18(9-13-23)25-15-5-14-24-3/h17-18H,4-16H2,1-3H3,(H,20,21). The van der Waals surface area contributed by atoms with E-state index in [1.54, 1.807) is 7.11 Å². The normalized spacial score (nSPS) is 21.7. The third-order valence-corrected chi connectivity index (χ3v) is 5.26. The molecule has 0 unspecified atom stereocenters. The fraction of sp³-hybridized carbons (Fsp3) is 0.947. The number of rotatable bonds is 8. The number of aliphatic imine (C=N–C) groups is 1. The minimum absolute atomic E-state index is 0.393. The summed E-state index contributed by atoms with van der Waals surface area (Å²) in [6.45, 7) is 10.1. The van der Waals surface area contributed by atoms with Gasteiger partial charge in [0.2, 0.25) is 0 Å². The monoisotopic (exact) mass is 354 g/mol. The topological polar surface area (TPSA) is 49.3 Å². The van der Waals surface area contributed by atoms with Gasteiger partial charge in [0.05, 0.1) is 6.10 Å². The fourth-order valence-corrected chi connectivity index (χ4v) is 3.57. The van der Waals surface area contributed by atoms with Gasteiger partial charge < -0.3 is 24.6 Å². The number of likely N-dealkylation sites (tertiary alicyclic amines) is 2. The second-order valence-electron chi connectivity index (χ2n) is 7.34. The second-order valence-corrected chi connectivity index (χ2v) is 7.34. The van der Waals surface area contributed by atoms with Gasteiger partial charge in [0.1, 0.15) is 0 Å². The third-order valence-electron chi connectivity index (χ3n) is 5.26. The van der Waals surface area contributed by atoms with Crippen LogP contribution in [0.3, 0.4) is 0 Å². The highest BCUT2D eigenvalue weighted by Crippen LogP contribution is 2.17. The summed E-state index contributed by atoms with van der Waals surface area (Å²) in [4.78, 5) is 9.78. The maximum Gasteiger partial charge on any atom is 0.193 e. The molecule has 0 aliphatic carbocycles. The predicted molar refractivity (Wildman–Crippen MR) is 103 cm³/mol. The van der Waals surface area contributed by atoms with Gasteiger partial charge in [-0.3, -0.25) is 4.99 Å². The Morgan fingerprint density at radius 3 is 2.44 bits per heavy atom. The van der Waals surface area contributed by atoms with Crippen LogP contribution in [0.15, 0.2) is 4.99 Å². The molecule has 2 aliphatic rings. The summed E-state index contributed by atoms with van der Waals surface area (Å²) in [6.07, 6.45) is 6.10. The Kier molecular flexibility index (Phi) is 9.58. The van der Waals surface area contributed by atoms with E-state index in [0.29, 0.717) is 6.10 Å². The molecule has 0 spiro atoms. The molecule has 0 bridgehead atoms. The number of nitrogens with zero attached hydrogens (tertiary/aromatic N) is 3. The number of guanidine groups is 1. The molecule has 2 aliphatic heterocycles. The van der Waals surface area contributed by atoms with E-state index >= 15 is 0 Å². The number of piperidine rings is 2. The molecule has 0 saturated carbocycles. The van der Waals surface area contributed by atoms with E-state index < -0.39 is 0 Å². The van der Waals surface area contributed by atoms with E-state index in [4.69, 9.17) is 14.5 Å². The van der Waals surface area contributed by atoms with Gasteiger partial charge in [-0.15, -0.1) is 0 Å². The number of hydrogen-bond acceptors (Lipinski definition) is 4. The van der Waals surface area contributed by atoms with Crippen molar-refractivity contribution in [2.75, 3.05) is 66.6 Å². The summed E-state index contributed by atoms with van der Waals surface area (Å²) < 4.78 is 11.0. The predicted octanol–water partition coefficient (Wildman–Crippen LogP) is 1.81. The van der Waals surface area contributed by atoms with Crippen LogP contribution in [-0.4, -0.2) is 88.5 Å². The van der Waals surface area contributed by atoms with Crippen LogP contribution in [0.25, 0.3) is 0 Å². The van der Waals surface area contributed by atoms with Crippen molar-refractivity contribution in [3.05, 3.63) is 0 Å². The van der Waals surface area contributed by atoms with Crippen LogP contribution in [0, 0.1) is 5.92 Å². The van der Waals surface area contributed by atoms with Crippen LogP contribution in [0.5, 0.6) is 0 Å². The number of hydrogen-bond donors (Lipinski definition) is 1. The number of methoxy groups -OCH3 is 1. The van der Waals surface area contributed by atoms with Crippen LogP contribution in [-0.2, 0) is 9.47 Å². The summed E-state index contributed by atoms with van der Waals surface area (Å²) in [7, 11) is 3.96. The van der Waals surface area contributed by atoms with Gasteiger partial charge in [0.15, 0.2) is 5.96 Å². The van der Waals surface area contributed by atoms with Gasteiger partial charge in [0, 0.05) is 46.5 Å². The van der Waals surface area contributed by atoms with Gasteiger partial charge in [0.25, 0.3) is 0 Å². The largest absolute Gasteiger partial charge is 0.385 e.